The first-order chi connectivity index (χ1) is 9.72. The largest absolute Gasteiger partial charge is 0.466 e. The van der Waals surface area contributed by atoms with E-state index < -0.39 is 0 Å². The molecule has 0 saturated carbocycles. The highest BCUT2D eigenvalue weighted by Crippen LogP contribution is 2.38. The third kappa shape index (κ3) is 2.03. The van der Waals surface area contributed by atoms with Crippen molar-refractivity contribution in [2.75, 3.05) is 7.11 Å². The molecule has 1 atom stereocenters. The lowest BCUT2D eigenvalue weighted by atomic mass is 9.82. The Morgan fingerprint density at radius 2 is 2.15 bits per heavy atom. The summed E-state index contributed by atoms with van der Waals surface area (Å²) in [6.07, 6.45) is 7.29. The van der Waals surface area contributed by atoms with Crippen molar-refractivity contribution in [1.82, 2.24) is 4.57 Å². The van der Waals surface area contributed by atoms with Crippen LogP contribution in [0.2, 0.25) is 0 Å². The predicted molar refractivity (Wildman–Crippen MR) is 79.6 cm³/mol. The van der Waals surface area contributed by atoms with E-state index in [0.29, 0.717) is 0 Å². The highest BCUT2D eigenvalue weighted by atomic mass is 16.5. The Labute approximate surface area is 118 Å². The van der Waals surface area contributed by atoms with Crippen molar-refractivity contribution in [1.29, 1.82) is 0 Å². The van der Waals surface area contributed by atoms with E-state index in [4.69, 9.17) is 4.74 Å². The number of hydrogen-bond donors (Lipinski definition) is 0. The minimum absolute atomic E-state index is 0.155. The number of methoxy groups -OCH3 is 1. The van der Waals surface area contributed by atoms with Crippen molar-refractivity contribution in [2.45, 2.75) is 25.2 Å². The van der Waals surface area contributed by atoms with Gasteiger partial charge in [0, 0.05) is 35.6 Å². The fourth-order valence-electron chi connectivity index (χ4n) is 3.19. The van der Waals surface area contributed by atoms with Gasteiger partial charge in [0.1, 0.15) is 0 Å². The summed E-state index contributed by atoms with van der Waals surface area (Å²) >= 11 is 0. The molecule has 1 aliphatic carbocycles. The highest BCUT2D eigenvalue weighted by Gasteiger charge is 2.27. The average molecular weight is 269 g/mol. The first kappa shape index (κ1) is 13.0. The number of hydrogen-bond acceptors (Lipinski definition) is 2. The molecule has 1 unspecified atom stereocenters. The molecule has 0 saturated heterocycles. The van der Waals surface area contributed by atoms with Gasteiger partial charge in [-0.2, -0.15) is 0 Å². The smallest absolute Gasteiger partial charge is 0.334 e. The van der Waals surface area contributed by atoms with Gasteiger partial charge in [-0.3, -0.25) is 0 Å². The molecule has 0 amide bonds. The molecule has 0 N–H and O–H groups in total. The van der Waals surface area contributed by atoms with Crippen molar-refractivity contribution in [3.05, 3.63) is 47.7 Å². The maximum Gasteiger partial charge on any atom is 0.334 e. The summed E-state index contributed by atoms with van der Waals surface area (Å²) in [4.78, 5) is 12.0. The van der Waals surface area contributed by atoms with Crippen LogP contribution in [0.25, 0.3) is 10.9 Å². The number of carbonyl (C=O) groups excluding carboxylic acids is 1. The molecule has 3 rings (SSSR count). The second-order valence-electron chi connectivity index (χ2n) is 5.35. The molecule has 2 aromatic rings. The van der Waals surface area contributed by atoms with Gasteiger partial charge in [0.2, 0.25) is 0 Å². The Balaban J connectivity index is 2.12. The highest BCUT2D eigenvalue weighted by molar-refractivity contribution is 5.93. The number of carbonyl (C=O) groups is 1. The normalized spacial score (nSPS) is 18.9. The maximum atomic E-state index is 12.0. The predicted octanol–water partition coefficient (Wildman–Crippen LogP) is 3.55. The number of nitrogens with zero attached hydrogens (tertiary/aromatic N) is 1. The van der Waals surface area contributed by atoms with Crippen LogP contribution in [0.5, 0.6) is 0 Å². The second kappa shape index (κ2) is 5.16. The zero-order chi connectivity index (χ0) is 14.1. The van der Waals surface area contributed by atoms with Crippen LogP contribution < -0.4 is 0 Å². The number of rotatable bonds is 2. The number of para-hydroxylation sites is 1. The molecule has 0 spiro atoms. The van der Waals surface area contributed by atoms with Crippen molar-refractivity contribution >= 4 is 16.9 Å². The summed E-state index contributed by atoms with van der Waals surface area (Å²) in [5.41, 5.74) is 3.26. The molecule has 1 aromatic carbocycles. The minimum Gasteiger partial charge on any atom is -0.466 e. The first-order valence-corrected chi connectivity index (χ1v) is 7.04. The fraction of sp³-hybridized carbons (Fsp3) is 0.353. The molecule has 0 aliphatic heterocycles. The van der Waals surface area contributed by atoms with Gasteiger partial charge in [-0.15, -0.1) is 0 Å². The number of ether oxygens (including phenoxy) is 1. The van der Waals surface area contributed by atoms with Gasteiger partial charge in [-0.05, 0) is 30.9 Å². The molecule has 3 nitrogen and oxygen atoms in total. The number of aromatic nitrogens is 1. The summed E-state index contributed by atoms with van der Waals surface area (Å²) in [5.74, 6) is -0.0371. The van der Waals surface area contributed by atoms with Crippen LogP contribution >= 0.6 is 0 Å². The molecule has 1 aliphatic rings. The summed E-state index contributed by atoms with van der Waals surface area (Å²) in [7, 11) is 3.51. The van der Waals surface area contributed by atoms with Crippen LogP contribution in [-0.2, 0) is 16.6 Å². The molecule has 0 fully saturated rings. The zero-order valence-corrected chi connectivity index (χ0v) is 11.9. The lowest BCUT2D eigenvalue weighted by Gasteiger charge is -2.22. The Morgan fingerprint density at radius 1 is 1.35 bits per heavy atom. The Kier molecular flexibility index (Phi) is 3.35. The number of allylic oxidation sites excluding steroid dienone is 1. The lowest BCUT2D eigenvalue weighted by Crippen LogP contribution is -2.16. The molecule has 104 valence electrons. The lowest BCUT2D eigenvalue weighted by molar-refractivity contribution is -0.136. The second-order valence-corrected chi connectivity index (χ2v) is 5.35. The summed E-state index contributed by atoms with van der Waals surface area (Å²) in [6.45, 7) is 0. The first-order valence-electron chi connectivity index (χ1n) is 7.04. The molecular weight excluding hydrogens is 250 g/mol. The maximum absolute atomic E-state index is 12.0. The van der Waals surface area contributed by atoms with E-state index in [2.05, 4.69) is 36.0 Å². The molecule has 1 aromatic heterocycles. The molecule has 20 heavy (non-hydrogen) atoms. The van der Waals surface area contributed by atoms with Crippen LogP contribution in [0.4, 0.5) is 0 Å². The number of esters is 1. The van der Waals surface area contributed by atoms with E-state index in [-0.39, 0.29) is 11.9 Å². The minimum atomic E-state index is -0.192. The van der Waals surface area contributed by atoms with Crippen LogP contribution in [0.1, 0.15) is 30.7 Å². The van der Waals surface area contributed by atoms with Gasteiger partial charge in [0.05, 0.1) is 7.11 Å². The Morgan fingerprint density at radius 3 is 2.95 bits per heavy atom. The standard InChI is InChI=1S/C17H19NO2/c1-18-11-15(13-8-5-6-10-16(13)18)12-7-3-4-9-14(12)17(19)20-2/h5-6,8-12H,3-4,7H2,1-2H3. The van der Waals surface area contributed by atoms with Gasteiger partial charge in [0.25, 0.3) is 0 Å². The van der Waals surface area contributed by atoms with E-state index >= 15 is 0 Å². The molecule has 3 heteroatoms. The Bertz CT molecular complexity index is 681. The molecule has 0 bridgehead atoms. The zero-order valence-electron chi connectivity index (χ0n) is 11.9. The molecule has 1 heterocycles. The van der Waals surface area contributed by atoms with Crippen LogP contribution in [0.15, 0.2) is 42.1 Å². The third-order valence-corrected chi connectivity index (χ3v) is 4.16. The fourth-order valence-corrected chi connectivity index (χ4v) is 3.19. The summed E-state index contributed by atoms with van der Waals surface area (Å²) in [5, 5.41) is 1.23. The van der Waals surface area contributed by atoms with Gasteiger partial charge >= 0.3 is 5.97 Å². The number of aryl methyl sites for hydroxylation is 1. The SMILES string of the molecule is COC(=O)C1=CCCCC1c1cn(C)c2ccccc12. The van der Waals surface area contributed by atoms with Gasteiger partial charge < -0.3 is 9.30 Å². The molecular formula is C17H19NO2. The summed E-state index contributed by atoms with van der Waals surface area (Å²) < 4.78 is 7.08. The van der Waals surface area contributed by atoms with Crippen molar-refractivity contribution < 1.29 is 9.53 Å². The van der Waals surface area contributed by atoms with Crippen molar-refractivity contribution in [2.24, 2.45) is 7.05 Å². The van der Waals surface area contributed by atoms with Crippen molar-refractivity contribution in [3.63, 3.8) is 0 Å². The van der Waals surface area contributed by atoms with Crippen LogP contribution in [0, 0.1) is 0 Å². The number of fused-ring (bicyclic) bond motifs is 1. The van der Waals surface area contributed by atoms with Crippen molar-refractivity contribution in [3.8, 4) is 0 Å². The van der Waals surface area contributed by atoms with E-state index in [1.807, 2.05) is 12.1 Å². The Hall–Kier alpha value is -2.03. The van der Waals surface area contributed by atoms with Gasteiger partial charge in [0.15, 0.2) is 0 Å². The van der Waals surface area contributed by atoms with E-state index in [9.17, 15) is 4.79 Å². The van der Waals surface area contributed by atoms with Gasteiger partial charge in [-0.1, -0.05) is 24.3 Å². The monoisotopic (exact) mass is 269 g/mol. The number of benzene rings is 1. The summed E-state index contributed by atoms with van der Waals surface area (Å²) in [6, 6.07) is 8.34. The van der Waals surface area contributed by atoms with Gasteiger partial charge in [-0.25, -0.2) is 4.79 Å². The van der Waals surface area contributed by atoms with Crippen LogP contribution in [0.3, 0.4) is 0 Å². The third-order valence-electron chi connectivity index (χ3n) is 4.16. The van der Waals surface area contributed by atoms with E-state index in [1.165, 1.54) is 23.6 Å². The van der Waals surface area contributed by atoms with E-state index in [1.54, 1.807) is 0 Å². The molecule has 0 radical (unpaired) electrons. The quantitative estimate of drug-likeness (QED) is 0.781. The van der Waals surface area contributed by atoms with E-state index in [0.717, 1.165) is 24.8 Å². The average Bonchev–Trinajstić information content (AvgIpc) is 2.84. The topological polar surface area (TPSA) is 31.2 Å². The van der Waals surface area contributed by atoms with Crippen LogP contribution in [-0.4, -0.2) is 17.6 Å².